The number of carbonyl (C=O) groups is 1. The summed E-state index contributed by atoms with van der Waals surface area (Å²) in [6.45, 7) is 1.77. The van der Waals surface area contributed by atoms with Gasteiger partial charge in [0.05, 0.1) is 5.52 Å². The molecule has 140 valence electrons. The molecule has 1 N–H and O–H groups in total. The van der Waals surface area contributed by atoms with Crippen LogP contribution in [0.5, 0.6) is 0 Å². The number of hydrogen-bond donors (Lipinski definition) is 1. The van der Waals surface area contributed by atoms with Crippen molar-refractivity contribution in [2.24, 2.45) is 0 Å². The molecule has 28 heavy (non-hydrogen) atoms. The highest BCUT2D eigenvalue weighted by atomic mass is 35.5. The molecule has 1 atom stereocenters. The molecule has 1 aromatic heterocycles. The van der Waals surface area contributed by atoms with E-state index >= 15 is 0 Å². The number of nitrogens with zero attached hydrogens (tertiary/aromatic N) is 2. The third-order valence-electron chi connectivity index (χ3n) is 4.57. The Bertz CT molecular complexity index is 1140. The van der Waals surface area contributed by atoms with Gasteiger partial charge in [0.2, 0.25) is 5.91 Å². The molecule has 0 aliphatic carbocycles. The van der Waals surface area contributed by atoms with Crippen LogP contribution in [0.3, 0.4) is 0 Å². The van der Waals surface area contributed by atoms with Crippen LogP contribution < -0.4 is 5.32 Å². The Hall–Kier alpha value is -3.18. The molecule has 0 bridgehead atoms. The Morgan fingerprint density at radius 3 is 2.50 bits per heavy atom. The number of rotatable bonds is 4. The zero-order valence-electron chi connectivity index (χ0n) is 15.1. The molecule has 0 fully saturated rings. The number of carbonyl (C=O) groups excluding carboxylic acids is 1. The average molecular weight is 394 g/mol. The van der Waals surface area contributed by atoms with Crippen molar-refractivity contribution in [3.05, 3.63) is 83.6 Å². The largest absolute Gasteiger partial charge is 0.324 e. The van der Waals surface area contributed by atoms with Crippen molar-refractivity contribution in [2.45, 2.75) is 13.0 Å². The van der Waals surface area contributed by atoms with E-state index < -0.39 is 6.04 Å². The van der Waals surface area contributed by atoms with E-state index in [-0.39, 0.29) is 11.7 Å². The summed E-state index contributed by atoms with van der Waals surface area (Å²) in [5, 5.41) is 8.99. The minimum absolute atomic E-state index is 0.245. The van der Waals surface area contributed by atoms with Crippen LogP contribution in [-0.4, -0.2) is 15.7 Å². The molecular formula is C22H17ClFN3O. The summed E-state index contributed by atoms with van der Waals surface area (Å²) in [5.41, 5.74) is 3.05. The summed E-state index contributed by atoms with van der Waals surface area (Å²) in [7, 11) is 0. The molecule has 4 nitrogen and oxygen atoms in total. The van der Waals surface area contributed by atoms with E-state index in [1.54, 1.807) is 17.7 Å². The van der Waals surface area contributed by atoms with Crippen LogP contribution in [0.4, 0.5) is 10.1 Å². The molecule has 4 rings (SSSR count). The molecule has 1 heterocycles. The second-order valence-electron chi connectivity index (χ2n) is 6.49. The summed E-state index contributed by atoms with van der Waals surface area (Å²) in [4.78, 5) is 12.8. The van der Waals surface area contributed by atoms with Crippen LogP contribution in [0.1, 0.15) is 13.0 Å². The lowest BCUT2D eigenvalue weighted by Gasteiger charge is -2.14. The quantitative estimate of drug-likeness (QED) is 0.483. The molecule has 0 spiro atoms. The topological polar surface area (TPSA) is 46.9 Å². The summed E-state index contributed by atoms with van der Waals surface area (Å²) in [6.07, 6.45) is 0. The van der Waals surface area contributed by atoms with Gasteiger partial charge in [-0.05, 0) is 49.4 Å². The number of halogens is 2. The zero-order chi connectivity index (χ0) is 19.7. The maximum Gasteiger partial charge on any atom is 0.248 e. The smallest absolute Gasteiger partial charge is 0.248 e. The van der Waals surface area contributed by atoms with E-state index in [0.29, 0.717) is 10.7 Å². The molecule has 1 unspecified atom stereocenters. The van der Waals surface area contributed by atoms with E-state index in [1.807, 2.05) is 42.5 Å². The number of aromatic nitrogens is 2. The Labute approximate surface area is 166 Å². The third kappa shape index (κ3) is 3.49. The Kier molecular flexibility index (Phi) is 4.84. The maximum absolute atomic E-state index is 13.1. The maximum atomic E-state index is 13.1. The van der Waals surface area contributed by atoms with Gasteiger partial charge in [0.1, 0.15) is 17.6 Å². The van der Waals surface area contributed by atoms with E-state index in [1.165, 1.54) is 24.3 Å². The lowest BCUT2D eigenvalue weighted by Crippen LogP contribution is -2.24. The summed E-state index contributed by atoms with van der Waals surface area (Å²) < 4.78 is 14.8. The molecule has 0 aliphatic heterocycles. The van der Waals surface area contributed by atoms with Gasteiger partial charge in [0.15, 0.2) is 0 Å². The predicted octanol–water partition coefficient (Wildman–Crippen LogP) is 5.70. The highest BCUT2D eigenvalue weighted by molar-refractivity contribution is 6.31. The van der Waals surface area contributed by atoms with Gasteiger partial charge in [-0.1, -0.05) is 41.9 Å². The van der Waals surface area contributed by atoms with Gasteiger partial charge in [0.25, 0.3) is 0 Å². The summed E-state index contributed by atoms with van der Waals surface area (Å²) in [6, 6.07) is 20.3. The van der Waals surface area contributed by atoms with Crippen molar-refractivity contribution < 1.29 is 9.18 Å². The first kappa shape index (κ1) is 18.2. The minimum Gasteiger partial charge on any atom is -0.324 e. The fraction of sp³-hybridized carbons (Fsp3) is 0.0909. The van der Waals surface area contributed by atoms with Crippen molar-refractivity contribution in [3.8, 4) is 11.3 Å². The van der Waals surface area contributed by atoms with Gasteiger partial charge in [0, 0.05) is 21.7 Å². The van der Waals surface area contributed by atoms with Gasteiger partial charge in [-0.25, -0.2) is 4.39 Å². The number of amides is 1. The van der Waals surface area contributed by atoms with Crippen molar-refractivity contribution in [3.63, 3.8) is 0 Å². The molecular weight excluding hydrogens is 377 g/mol. The lowest BCUT2D eigenvalue weighted by molar-refractivity contribution is -0.118. The van der Waals surface area contributed by atoms with E-state index in [0.717, 1.165) is 22.2 Å². The second-order valence-corrected chi connectivity index (χ2v) is 6.93. The van der Waals surface area contributed by atoms with Gasteiger partial charge >= 0.3 is 0 Å². The van der Waals surface area contributed by atoms with Crippen molar-refractivity contribution in [1.82, 2.24) is 9.78 Å². The molecule has 0 radical (unpaired) electrons. The van der Waals surface area contributed by atoms with Crippen LogP contribution in [0, 0.1) is 5.82 Å². The monoisotopic (exact) mass is 393 g/mol. The highest BCUT2D eigenvalue weighted by Crippen LogP contribution is 2.32. The van der Waals surface area contributed by atoms with E-state index in [2.05, 4.69) is 5.32 Å². The minimum atomic E-state index is -0.578. The predicted molar refractivity (Wildman–Crippen MR) is 110 cm³/mol. The first-order chi connectivity index (χ1) is 13.5. The SMILES string of the molecule is CC(C(=O)Nc1ccc(F)cc1)n1nc(-c2ccccc2)c2cc(Cl)ccc21. The molecule has 0 saturated carbocycles. The Balaban J connectivity index is 1.73. The summed E-state index contributed by atoms with van der Waals surface area (Å²) in [5.74, 6) is -0.598. The lowest BCUT2D eigenvalue weighted by atomic mass is 10.1. The molecule has 4 aromatic rings. The molecule has 0 saturated heterocycles. The van der Waals surface area contributed by atoms with Crippen LogP contribution in [0.2, 0.25) is 5.02 Å². The molecule has 1 amide bonds. The molecule has 0 aliphatic rings. The number of hydrogen-bond acceptors (Lipinski definition) is 2. The van der Waals surface area contributed by atoms with Crippen LogP contribution in [-0.2, 0) is 4.79 Å². The number of fused-ring (bicyclic) bond motifs is 1. The highest BCUT2D eigenvalue weighted by Gasteiger charge is 2.21. The van der Waals surface area contributed by atoms with Gasteiger partial charge in [-0.2, -0.15) is 5.10 Å². The van der Waals surface area contributed by atoms with Gasteiger partial charge in [-0.3, -0.25) is 9.48 Å². The second kappa shape index (κ2) is 7.44. The van der Waals surface area contributed by atoms with Crippen molar-refractivity contribution in [1.29, 1.82) is 0 Å². The van der Waals surface area contributed by atoms with Crippen LogP contribution in [0.15, 0.2) is 72.8 Å². The first-order valence-electron chi connectivity index (χ1n) is 8.82. The van der Waals surface area contributed by atoms with Gasteiger partial charge in [-0.15, -0.1) is 0 Å². The normalized spacial score (nSPS) is 12.1. The fourth-order valence-electron chi connectivity index (χ4n) is 3.11. The fourth-order valence-corrected chi connectivity index (χ4v) is 3.28. The van der Waals surface area contributed by atoms with Crippen molar-refractivity contribution >= 4 is 34.1 Å². The molecule has 3 aromatic carbocycles. The number of benzene rings is 3. The van der Waals surface area contributed by atoms with Crippen molar-refractivity contribution in [2.75, 3.05) is 5.32 Å². The Morgan fingerprint density at radius 2 is 1.79 bits per heavy atom. The standard InChI is InChI=1S/C22H17ClFN3O/c1-14(22(28)25-18-10-8-17(24)9-11-18)27-20-12-7-16(23)13-19(20)21(26-27)15-5-3-2-4-6-15/h2-14H,1H3,(H,25,28). The average Bonchev–Trinajstić information content (AvgIpc) is 3.08. The van der Waals surface area contributed by atoms with E-state index in [9.17, 15) is 9.18 Å². The first-order valence-corrected chi connectivity index (χ1v) is 9.20. The number of nitrogens with one attached hydrogen (secondary N) is 1. The summed E-state index contributed by atoms with van der Waals surface area (Å²) >= 11 is 6.20. The zero-order valence-corrected chi connectivity index (χ0v) is 15.8. The molecule has 6 heteroatoms. The number of anilines is 1. The third-order valence-corrected chi connectivity index (χ3v) is 4.81. The van der Waals surface area contributed by atoms with Crippen LogP contribution in [0.25, 0.3) is 22.2 Å². The van der Waals surface area contributed by atoms with E-state index in [4.69, 9.17) is 16.7 Å². The van der Waals surface area contributed by atoms with Crippen LogP contribution >= 0.6 is 11.6 Å². The van der Waals surface area contributed by atoms with Gasteiger partial charge < -0.3 is 5.32 Å². The Morgan fingerprint density at radius 1 is 1.07 bits per heavy atom.